The first-order valence-corrected chi connectivity index (χ1v) is 8.92. The normalized spacial score (nSPS) is 26.8. The molecule has 0 radical (unpaired) electrons. The van der Waals surface area contributed by atoms with Crippen molar-refractivity contribution in [2.75, 3.05) is 47.4 Å². The van der Waals surface area contributed by atoms with Crippen molar-refractivity contribution in [2.24, 2.45) is 11.8 Å². The van der Waals surface area contributed by atoms with Crippen LogP contribution in [0.25, 0.3) is 0 Å². The van der Waals surface area contributed by atoms with Crippen molar-refractivity contribution >= 4 is 0 Å². The number of rotatable bonds is 7. The predicted octanol–water partition coefficient (Wildman–Crippen LogP) is 1.84. The van der Waals surface area contributed by atoms with Crippen LogP contribution in [0.4, 0.5) is 0 Å². The summed E-state index contributed by atoms with van der Waals surface area (Å²) in [4.78, 5) is 4.57. The molecule has 0 spiro atoms. The Bertz CT molecular complexity index is 535. The summed E-state index contributed by atoms with van der Waals surface area (Å²) >= 11 is 0. The number of aliphatic hydroxyl groups is 1. The van der Waals surface area contributed by atoms with Gasteiger partial charge in [-0.05, 0) is 44.8 Å². The molecule has 5 heteroatoms. The van der Waals surface area contributed by atoms with Gasteiger partial charge < -0.3 is 19.5 Å². The van der Waals surface area contributed by atoms with E-state index in [0.717, 1.165) is 50.5 Å². The van der Waals surface area contributed by atoms with E-state index >= 15 is 0 Å². The van der Waals surface area contributed by atoms with Gasteiger partial charge in [-0.3, -0.25) is 4.90 Å². The van der Waals surface area contributed by atoms with Gasteiger partial charge in [0, 0.05) is 31.7 Å². The van der Waals surface area contributed by atoms with Crippen molar-refractivity contribution in [3.8, 4) is 11.5 Å². The van der Waals surface area contributed by atoms with Gasteiger partial charge in [0.1, 0.15) is 6.61 Å². The number of aliphatic hydroxyl groups excluding tert-OH is 1. The van der Waals surface area contributed by atoms with Gasteiger partial charge >= 0.3 is 0 Å². The Morgan fingerprint density at radius 1 is 1.21 bits per heavy atom. The summed E-state index contributed by atoms with van der Waals surface area (Å²) in [6.45, 7) is 4.33. The number of hydrogen-bond donors (Lipinski definition) is 1. The summed E-state index contributed by atoms with van der Waals surface area (Å²) in [5.41, 5.74) is 1.17. The molecule has 3 atom stereocenters. The molecule has 1 heterocycles. The van der Waals surface area contributed by atoms with Crippen molar-refractivity contribution in [1.29, 1.82) is 0 Å². The molecule has 1 aromatic rings. The van der Waals surface area contributed by atoms with E-state index in [2.05, 4.69) is 15.9 Å². The van der Waals surface area contributed by atoms with Crippen LogP contribution in [0.5, 0.6) is 11.5 Å². The van der Waals surface area contributed by atoms with Crippen LogP contribution in [0.1, 0.15) is 18.4 Å². The van der Waals surface area contributed by atoms with Gasteiger partial charge in [0.05, 0.1) is 13.2 Å². The lowest BCUT2D eigenvalue weighted by molar-refractivity contribution is 0.0135. The number of methoxy groups -OCH3 is 1. The smallest absolute Gasteiger partial charge is 0.165 e. The molecular weight excluding hydrogens is 304 g/mol. The predicted molar refractivity (Wildman–Crippen MR) is 94.5 cm³/mol. The largest absolute Gasteiger partial charge is 0.493 e. The highest BCUT2D eigenvalue weighted by atomic mass is 16.5. The van der Waals surface area contributed by atoms with E-state index in [0.29, 0.717) is 18.4 Å². The molecule has 134 valence electrons. The van der Waals surface area contributed by atoms with Gasteiger partial charge in [-0.2, -0.15) is 0 Å². The highest BCUT2D eigenvalue weighted by Gasteiger charge is 2.40. The Morgan fingerprint density at radius 3 is 2.54 bits per heavy atom. The van der Waals surface area contributed by atoms with Crippen molar-refractivity contribution in [3.05, 3.63) is 23.8 Å². The highest BCUT2D eigenvalue weighted by molar-refractivity contribution is 5.46. The number of para-hydroxylation sites is 1. The van der Waals surface area contributed by atoms with Gasteiger partial charge in [-0.25, -0.2) is 0 Å². The zero-order valence-electron chi connectivity index (χ0n) is 15.1. The topological polar surface area (TPSA) is 45.2 Å². The second kappa shape index (κ2) is 7.72. The van der Waals surface area contributed by atoms with Crippen LogP contribution in [0.15, 0.2) is 18.2 Å². The highest BCUT2D eigenvalue weighted by Crippen LogP contribution is 2.38. The standard InChI is InChI=1S/C19H30N2O3/c1-20(2)9-10-24-19-16(5-4-6-17(19)23-3)13-21-11-14-7-8-15(12-21)18(14)22/h4-6,14-15,18,22H,7-13H2,1-3H3/t14-,15+,18?. The Balaban J connectivity index is 1.70. The average molecular weight is 334 g/mol. The molecule has 2 bridgehead atoms. The second-order valence-electron chi connectivity index (χ2n) is 7.38. The monoisotopic (exact) mass is 334 g/mol. The van der Waals surface area contributed by atoms with Crippen LogP contribution in [-0.4, -0.2) is 68.5 Å². The summed E-state index contributed by atoms with van der Waals surface area (Å²) in [5.74, 6) is 2.53. The maximum Gasteiger partial charge on any atom is 0.165 e. The molecule has 5 nitrogen and oxygen atoms in total. The first kappa shape index (κ1) is 17.5. The Morgan fingerprint density at radius 2 is 1.92 bits per heavy atom. The van der Waals surface area contributed by atoms with E-state index in [1.165, 1.54) is 5.56 Å². The molecule has 1 saturated carbocycles. The third-order valence-electron chi connectivity index (χ3n) is 5.32. The van der Waals surface area contributed by atoms with E-state index in [4.69, 9.17) is 9.47 Å². The molecular formula is C19H30N2O3. The minimum Gasteiger partial charge on any atom is -0.493 e. The number of likely N-dealkylation sites (N-methyl/N-ethyl adjacent to an activating group) is 1. The summed E-state index contributed by atoms with van der Waals surface area (Å²) in [7, 11) is 5.78. The maximum atomic E-state index is 10.2. The van der Waals surface area contributed by atoms with Crippen LogP contribution in [0, 0.1) is 11.8 Å². The van der Waals surface area contributed by atoms with Gasteiger partial charge in [-0.1, -0.05) is 12.1 Å². The Labute approximate surface area is 145 Å². The third kappa shape index (κ3) is 3.85. The maximum absolute atomic E-state index is 10.2. The van der Waals surface area contributed by atoms with Gasteiger partial charge in [0.2, 0.25) is 0 Å². The minimum atomic E-state index is -0.0950. The fourth-order valence-corrected chi connectivity index (χ4v) is 4.00. The molecule has 1 saturated heterocycles. The molecule has 24 heavy (non-hydrogen) atoms. The van der Waals surface area contributed by atoms with Crippen LogP contribution < -0.4 is 9.47 Å². The summed E-state index contributed by atoms with van der Waals surface area (Å²) in [6, 6.07) is 6.11. The van der Waals surface area contributed by atoms with Crippen LogP contribution >= 0.6 is 0 Å². The SMILES string of the molecule is COc1cccc(CN2C[C@H]3CC[C@@H](C2)C3O)c1OCCN(C)C. The van der Waals surface area contributed by atoms with Crippen molar-refractivity contribution < 1.29 is 14.6 Å². The van der Waals surface area contributed by atoms with Gasteiger partial charge in [-0.15, -0.1) is 0 Å². The zero-order valence-corrected chi connectivity index (χ0v) is 15.1. The lowest BCUT2D eigenvalue weighted by atomic mass is 9.94. The fourth-order valence-electron chi connectivity index (χ4n) is 4.00. The fraction of sp³-hybridized carbons (Fsp3) is 0.684. The summed E-state index contributed by atoms with van der Waals surface area (Å²) in [5, 5.41) is 10.2. The molecule has 1 N–H and O–H groups in total. The van der Waals surface area contributed by atoms with Crippen LogP contribution in [-0.2, 0) is 6.54 Å². The Kier molecular flexibility index (Phi) is 5.64. The molecule has 1 aliphatic heterocycles. The van der Waals surface area contributed by atoms with E-state index < -0.39 is 0 Å². The van der Waals surface area contributed by atoms with Crippen molar-refractivity contribution in [3.63, 3.8) is 0 Å². The number of hydrogen-bond acceptors (Lipinski definition) is 5. The number of ether oxygens (including phenoxy) is 2. The van der Waals surface area contributed by atoms with Gasteiger partial charge in [0.25, 0.3) is 0 Å². The van der Waals surface area contributed by atoms with E-state index in [1.807, 2.05) is 26.2 Å². The number of likely N-dealkylation sites (tertiary alicyclic amines) is 1. The lowest BCUT2D eigenvalue weighted by Crippen LogP contribution is -2.44. The van der Waals surface area contributed by atoms with Crippen LogP contribution in [0.3, 0.4) is 0 Å². The summed E-state index contributed by atoms with van der Waals surface area (Å²) < 4.78 is 11.6. The van der Waals surface area contributed by atoms with E-state index in [1.54, 1.807) is 7.11 Å². The molecule has 2 aliphatic rings. The number of benzene rings is 1. The number of fused-ring (bicyclic) bond motifs is 2. The molecule has 1 unspecified atom stereocenters. The number of nitrogens with zero attached hydrogens (tertiary/aromatic N) is 2. The van der Waals surface area contributed by atoms with Crippen molar-refractivity contribution in [1.82, 2.24) is 9.80 Å². The third-order valence-corrected chi connectivity index (χ3v) is 5.32. The van der Waals surface area contributed by atoms with E-state index in [9.17, 15) is 5.11 Å². The van der Waals surface area contributed by atoms with Gasteiger partial charge in [0.15, 0.2) is 11.5 Å². The minimum absolute atomic E-state index is 0.0950. The molecule has 1 aliphatic carbocycles. The summed E-state index contributed by atoms with van der Waals surface area (Å²) in [6.07, 6.45) is 2.22. The molecule has 3 rings (SSSR count). The zero-order chi connectivity index (χ0) is 17.1. The average Bonchev–Trinajstić information content (AvgIpc) is 2.77. The molecule has 0 amide bonds. The van der Waals surface area contributed by atoms with E-state index in [-0.39, 0.29) is 6.10 Å². The number of piperidine rings is 1. The first-order chi connectivity index (χ1) is 11.6. The van der Waals surface area contributed by atoms with Crippen LogP contribution in [0.2, 0.25) is 0 Å². The Hall–Kier alpha value is -1.30. The molecule has 1 aromatic carbocycles. The molecule has 0 aromatic heterocycles. The second-order valence-corrected chi connectivity index (χ2v) is 7.38. The molecule has 2 fully saturated rings. The van der Waals surface area contributed by atoms with Crippen molar-refractivity contribution in [2.45, 2.75) is 25.5 Å². The first-order valence-electron chi connectivity index (χ1n) is 8.92. The lowest BCUT2D eigenvalue weighted by Gasteiger charge is -2.35. The quantitative estimate of drug-likeness (QED) is 0.824.